The molecule has 2 aromatic rings. The van der Waals surface area contributed by atoms with E-state index >= 15 is 0 Å². The van der Waals surface area contributed by atoms with Gasteiger partial charge in [0.25, 0.3) is 5.91 Å². The number of rotatable bonds is 8. The van der Waals surface area contributed by atoms with Gasteiger partial charge in [-0.2, -0.15) is 0 Å². The van der Waals surface area contributed by atoms with Gasteiger partial charge in [0.15, 0.2) is 0 Å². The fourth-order valence-corrected chi connectivity index (χ4v) is 4.79. The summed E-state index contributed by atoms with van der Waals surface area (Å²) >= 11 is 7.85. The number of carbonyl (C=O) groups is 1. The van der Waals surface area contributed by atoms with Gasteiger partial charge in [0.1, 0.15) is 0 Å². The fourth-order valence-electron chi connectivity index (χ4n) is 3.77. The van der Waals surface area contributed by atoms with Gasteiger partial charge in [0.2, 0.25) is 0 Å². The number of piperidine rings is 1. The van der Waals surface area contributed by atoms with Crippen molar-refractivity contribution in [2.75, 3.05) is 31.9 Å². The van der Waals surface area contributed by atoms with Crippen molar-refractivity contribution in [2.24, 2.45) is 0 Å². The fraction of sp³-hybridized carbons (Fsp3) is 0.435. The number of thioether (sulfide) groups is 1. The molecular formula is C23H29ClN2OS. The van der Waals surface area contributed by atoms with Gasteiger partial charge in [0.05, 0.1) is 0 Å². The molecule has 5 heteroatoms. The predicted molar refractivity (Wildman–Crippen MR) is 119 cm³/mol. The van der Waals surface area contributed by atoms with Gasteiger partial charge in [-0.05, 0) is 62.2 Å². The molecule has 1 fully saturated rings. The van der Waals surface area contributed by atoms with Gasteiger partial charge < -0.3 is 4.90 Å². The molecule has 1 amide bonds. The number of benzene rings is 2. The second-order valence-electron chi connectivity index (χ2n) is 7.23. The molecule has 3 nitrogen and oxygen atoms in total. The zero-order chi connectivity index (χ0) is 19.8. The third-order valence-electron chi connectivity index (χ3n) is 5.26. The second-order valence-corrected chi connectivity index (χ2v) is 8.83. The van der Waals surface area contributed by atoms with Gasteiger partial charge >= 0.3 is 0 Å². The van der Waals surface area contributed by atoms with Gasteiger partial charge in [-0.1, -0.05) is 36.7 Å². The maximum absolute atomic E-state index is 12.7. The molecule has 0 spiro atoms. The first-order chi connectivity index (χ1) is 13.7. The molecular weight excluding hydrogens is 388 g/mol. The van der Waals surface area contributed by atoms with Crippen LogP contribution in [0.5, 0.6) is 0 Å². The average molecular weight is 417 g/mol. The van der Waals surface area contributed by atoms with Crippen molar-refractivity contribution in [1.82, 2.24) is 9.80 Å². The van der Waals surface area contributed by atoms with Crippen LogP contribution in [0.1, 0.15) is 36.5 Å². The Morgan fingerprint density at radius 1 is 1.07 bits per heavy atom. The van der Waals surface area contributed by atoms with Crippen LogP contribution in [0.25, 0.3) is 0 Å². The summed E-state index contributed by atoms with van der Waals surface area (Å²) in [5, 5.41) is 0.786. The molecule has 150 valence electrons. The van der Waals surface area contributed by atoms with Crippen LogP contribution in [0.15, 0.2) is 59.5 Å². The molecule has 0 radical (unpaired) electrons. The Balaban J connectivity index is 1.48. The molecule has 0 unspecified atom stereocenters. The summed E-state index contributed by atoms with van der Waals surface area (Å²) in [6.45, 7) is 6.15. The van der Waals surface area contributed by atoms with Crippen molar-refractivity contribution in [1.29, 1.82) is 0 Å². The average Bonchev–Trinajstić information content (AvgIpc) is 2.75. The lowest BCUT2D eigenvalue weighted by Gasteiger charge is -2.38. The van der Waals surface area contributed by atoms with Gasteiger partial charge in [-0.15, -0.1) is 11.8 Å². The number of halogens is 1. The SMILES string of the molecule is CCCN(CCSc1ccc(Cl)cc1)C1CCN(C(=O)c2ccccc2)CC1. The molecule has 0 atom stereocenters. The normalized spacial score (nSPS) is 15.2. The van der Waals surface area contributed by atoms with Crippen LogP contribution in [-0.4, -0.2) is 53.7 Å². The van der Waals surface area contributed by atoms with Crippen LogP contribution in [0, 0.1) is 0 Å². The van der Waals surface area contributed by atoms with E-state index in [1.165, 1.54) is 4.90 Å². The molecule has 1 saturated heterocycles. The largest absolute Gasteiger partial charge is 0.339 e. The molecule has 1 aliphatic rings. The number of hydrogen-bond donors (Lipinski definition) is 0. The summed E-state index contributed by atoms with van der Waals surface area (Å²) in [6.07, 6.45) is 3.28. The lowest BCUT2D eigenvalue weighted by atomic mass is 10.0. The molecule has 0 bridgehead atoms. The topological polar surface area (TPSA) is 23.6 Å². The highest BCUT2D eigenvalue weighted by Crippen LogP contribution is 2.23. The highest BCUT2D eigenvalue weighted by Gasteiger charge is 2.26. The summed E-state index contributed by atoms with van der Waals surface area (Å²) in [7, 11) is 0. The van der Waals surface area contributed by atoms with Crippen molar-refractivity contribution in [3.8, 4) is 0 Å². The molecule has 0 aromatic heterocycles. The van der Waals surface area contributed by atoms with E-state index in [2.05, 4.69) is 24.0 Å². The monoisotopic (exact) mass is 416 g/mol. The first-order valence-electron chi connectivity index (χ1n) is 10.1. The Hall–Kier alpha value is -1.49. The number of carbonyl (C=O) groups excluding carboxylic acids is 1. The van der Waals surface area contributed by atoms with E-state index in [0.717, 1.165) is 61.8 Å². The zero-order valence-electron chi connectivity index (χ0n) is 16.5. The molecule has 0 N–H and O–H groups in total. The highest BCUT2D eigenvalue weighted by molar-refractivity contribution is 7.99. The van der Waals surface area contributed by atoms with Crippen LogP contribution in [0.3, 0.4) is 0 Å². The Bertz CT molecular complexity index is 730. The third kappa shape index (κ3) is 6.00. The quantitative estimate of drug-likeness (QED) is 0.534. The maximum atomic E-state index is 12.7. The number of likely N-dealkylation sites (tertiary alicyclic amines) is 1. The smallest absolute Gasteiger partial charge is 0.253 e. The number of hydrogen-bond acceptors (Lipinski definition) is 3. The van der Waals surface area contributed by atoms with E-state index in [1.807, 2.05) is 59.1 Å². The molecule has 2 aromatic carbocycles. The van der Waals surface area contributed by atoms with Gasteiger partial charge in [-0.3, -0.25) is 9.69 Å². The van der Waals surface area contributed by atoms with E-state index in [0.29, 0.717) is 6.04 Å². The lowest BCUT2D eigenvalue weighted by molar-refractivity contribution is 0.0626. The minimum Gasteiger partial charge on any atom is -0.339 e. The van der Waals surface area contributed by atoms with E-state index in [1.54, 1.807) is 0 Å². The number of nitrogens with zero attached hydrogens (tertiary/aromatic N) is 2. The molecule has 1 aliphatic heterocycles. The van der Waals surface area contributed by atoms with Crippen molar-refractivity contribution >= 4 is 29.3 Å². The summed E-state index contributed by atoms with van der Waals surface area (Å²) in [6, 6.07) is 18.3. The molecule has 28 heavy (non-hydrogen) atoms. The Morgan fingerprint density at radius 3 is 2.39 bits per heavy atom. The Labute approximate surface area is 178 Å². The van der Waals surface area contributed by atoms with Gasteiger partial charge in [-0.25, -0.2) is 0 Å². The molecule has 1 heterocycles. The number of amides is 1. The third-order valence-corrected chi connectivity index (χ3v) is 6.50. The summed E-state index contributed by atoms with van der Waals surface area (Å²) in [5.74, 6) is 1.24. The first-order valence-corrected chi connectivity index (χ1v) is 11.5. The van der Waals surface area contributed by atoms with Crippen LogP contribution in [0.2, 0.25) is 5.02 Å². The molecule has 3 rings (SSSR count). The van der Waals surface area contributed by atoms with E-state index in [4.69, 9.17) is 11.6 Å². The Kier molecular flexibility index (Phi) is 8.26. The summed E-state index contributed by atoms with van der Waals surface area (Å²) < 4.78 is 0. The van der Waals surface area contributed by atoms with Crippen molar-refractivity contribution in [3.05, 3.63) is 65.2 Å². The van der Waals surface area contributed by atoms with E-state index < -0.39 is 0 Å². The predicted octanol–water partition coefficient (Wildman–Crippen LogP) is 5.45. The first kappa shape index (κ1) is 21.2. The van der Waals surface area contributed by atoms with Crippen molar-refractivity contribution < 1.29 is 4.79 Å². The highest BCUT2D eigenvalue weighted by atomic mass is 35.5. The van der Waals surface area contributed by atoms with Crippen molar-refractivity contribution in [2.45, 2.75) is 37.1 Å². The second kappa shape index (κ2) is 10.9. The van der Waals surface area contributed by atoms with E-state index in [9.17, 15) is 4.79 Å². The van der Waals surface area contributed by atoms with E-state index in [-0.39, 0.29) is 5.91 Å². The molecule has 0 aliphatic carbocycles. The van der Waals surface area contributed by atoms with Crippen LogP contribution in [-0.2, 0) is 0 Å². The van der Waals surface area contributed by atoms with Gasteiger partial charge in [0, 0.05) is 46.9 Å². The van der Waals surface area contributed by atoms with Crippen LogP contribution < -0.4 is 0 Å². The van der Waals surface area contributed by atoms with Crippen LogP contribution >= 0.6 is 23.4 Å². The molecule has 0 saturated carbocycles. The zero-order valence-corrected chi connectivity index (χ0v) is 18.1. The maximum Gasteiger partial charge on any atom is 0.253 e. The summed E-state index contributed by atoms with van der Waals surface area (Å²) in [4.78, 5) is 18.6. The Morgan fingerprint density at radius 2 is 1.75 bits per heavy atom. The minimum absolute atomic E-state index is 0.166. The van der Waals surface area contributed by atoms with Crippen LogP contribution in [0.4, 0.5) is 0 Å². The summed E-state index contributed by atoms with van der Waals surface area (Å²) in [5.41, 5.74) is 0.797. The standard InChI is InChI=1S/C23H29ClN2OS/c1-2-14-25(17-18-28-22-10-8-20(24)9-11-22)21-12-15-26(16-13-21)23(27)19-6-4-3-5-7-19/h3-11,21H,2,12-18H2,1H3. The van der Waals surface area contributed by atoms with Crippen molar-refractivity contribution in [3.63, 3.8) is 0 Å². The minimum atomic E-state index is 0.166. The lowest BCUT2D eigenvalue weighted by Crippen LogP contribution is -2.47.